The summed E-state index contributed by atoms with van der Waals surface area (Å²) in [5, 5.41) is 8.08. The third kappa shape index (κ3) is 4.20. The second-order valence-corrected chi connectivity index (χ2v) is 17.5. The van der Waals surface area contributed by atoms with E-state index < -0.39 is 0 Å². The smallest absolute Gasteiger partial charge is 0.0159 e. The number of aryl methyl sites for hydroxylation is 1. The molecule has 2 aliphatic rings. The molecule has 0 heteroatoms. The van der Waals surface area contributed by atoms with Gasteiger partial charge in [-0.05, 0) is 135 Å². The molecule has 0 N–H and O–H groups in total. The molecule has 10 rings (SSSR count). The van der Waals surface area contributed by atoms with Gasteiger partial charge < -0.3 is 0 Å². The Labute approximate surface area is 302 Å². The summed E-state index contributed by atoms with van der Waals surface area (Å²) in [4.78, 5) is 0. The first-order chi connectivity index (χ1) is 24.3. The van der Waals surface area contributed by atoms with Gasteiger partial charge in [0.15, 0.2) is 0 Å². The molecule has 0 spiro atoms. The van der Waals surface area contributed by atoms with E-state index in [1.54, 1.807) is 0 Å². The normalized spacial score (nSPS) is 15.4. The van der Waals surface area contributed by atoms with E-state index in [1.807, 2.05) is 0 Å². The van der Waals surface area contributed by atoms with Crippen LogP contribution < -0.4 is 0 Å². The quantitative estimate of drug-likeness (QED) is 0.162. The van der Waals surface area contributed by atoms with Crippen molar-refractivity contribution in [2.45, 2.75) is 71.6 Å². The van der Waals surface area contributed by atoms with Gasteiger partial charge in [-0.15, -0.1) is 0 Å². The predicted molar refractivity (Wildman–Crippen MR) is 220 cm³/mol. The van der Waals surface area contributed by atoms with Crippen molar-refractivity contribution >= 4 is 32.3 Å². The van der Waals surface area contributed by atoms with Crippen LogP contribution in [-0.4, -0.2) is 0 Å². The molecule has 248 valence electrons. The van der Waals surface area contributed by atoms with Crippen LogP contribution in [0.4, 0.5) is 0 Å². The number of hydrogen-bond acceptors (Lipinski definition) is 0. The van der Waals surface area contributed by atoms with Crippen LogP contribution in [0.15, 0.2) is 121 Å². The Hall–Kier alpha value is -5.20. The Morgan fingerprint density at radius 1 is 0.392 bits per heavy atom. The molecule has 0 nitrogen and oxygen atoms in total. The van der Waals surface area contributed by atoms with Crippen LogP contribution in [0.2, 0.25) is 0 Å². The zero-order valence-corrected chi connectivity index (χ0v) is 31.0. The van der Waals surface area contributed by atoms with Gasteiger partial charge in [0, 0.05) is 10.8 Å². The van der Waals surface area contributed by atoms with E-state index in [0.717, 1.165) is 0 Å². The fourth-order valence-corrected chi connectivity index (χ4v) is 9.62. The Morgan fingerprint density at radius 2 is 0.824 bits per heavy atom. The molecule has 8 aromatic carbocycles. The zero-order valence-electron chi connectivity index (χ0n) is 31.0. The van der Waals surface area contributed by atoms with E-state index in [-0.39, 0.29) is 16.2 Å². The lowest BCUT2D eigenvalue weighted by molar-refractivity contribution is 0.591. The van der Waals surface area contributed by atoms with Gasteiger partial charge in [-0.2, -0.15) is 0 Å². The van der Waals surface area contributed by atoms with E-state index in [4.69, 9.17) is 0 Å². The third-order valence-corrected chi connectivity index (χ3v) is 12.6. The summed E-state index contributed by atoms with van der Waals surface area (Å²) in [5.41, 5.74) is 19.0. The molecule has 0 radical (unpaired) electrons. The Bertz CT molecular complexity index is 2760. The molecule has 0 unspecified atom stereocenters. The van der Waals surface area contributed by atoms with Crippen molar-refractivity contribution in [3.05, 3.63) is 155 Å². The Balaban J connectivity index is 1.06. The van der Waals surface area contributed by atoms with Crippen molar-refractivity contribution in [3.63, 3.8) is 0 Å². The second kappa shape index (κ2) is 9.98. The first kappa shape index (κ1) is 30.6. The van der Waals surface area contributed by atoms with Crippen molar-refractivity contribution < 1.29 is 0 Å². The predicted octanol–water partition coefficient (Wildman–Crippen LogP) is 14.1. The van der Waals surface area contributed by atoms with Gasteiger partial charge in [0.25, 0.3) is 0 Å². The lowest BCUT2D eigenvalue weighted by Gasteiger charge is -2.24. The summed E-state index contributed by atoms with van der Waals surface area (Å²) < 4.78 is 0. The average Bonchev–Trinajstić information content (AvgIpc) is 3.48. The van der Waals surface area contributed by atoms with Crippen molar-refractivity contribution in [3.8, 4) is 44.5 Å². The van der Waals surface area contributed by atoms with Crippen LogP contribution >= 0.6 is 0 Å². The van der Waals surface area contributed by atoms with Crippen LogP contribution in [0.5, 0.6) is 0 Å². The highest BCUT2D eigenvalue weighted by Crippen LogP contribution is 2.53. The minimum atomic E-state index is -0.117. The largest absolute Gasteiger partial charge is 0.0587 e. The van der Waals surface area contributed by atoms with E-state index in [9.17, 15) is 0 Å². The zero-order chi connectivity index (χ0) is 35.2. The van der Waals surface area contributed by atoms with E-state index in [1.165, 1.54) is 110 Å². The molecule has 2 aliphatic carbocycles. The van der Waals surface area contributed by atoms with Gasteiger partial charge >= 0.3 is 0 Å². The molecule has 0 heterocycles. The minimum Gasteiger partial charge on any atom is -0.0587 e. The van der Waals surface area contributed by atoms with Gasteiger partial charge in [-0.1, -0.05) is 157 Å². The molecule has 51 heavy (non-hydrogen) atoms. The second-order valence-electron chi connectivity index (χ2n) is 17.5. The van der Waals surface area contributed by atoms with E-state index in [2.05, 4.69) is 177 Å². The fourth-order valence-electron chi connectivity index (χ4n) is 9.62. The number of fused-ring (bicyclic) bond motifs is 6. The van der Waals surface area contributed by atoms with Gasteiger partial charge in [-0.25, -0.2) is 0 Å². The fraction of sp³-hybridized carbons (Fsp3) is 0.216. The number of hydrogen-bond donors (Lipinski definition) is 0. The highest BCUT2D eigenvalue weighted by molar-refractivity contribution is 6.25. The van der Waals surface area contributed by atoms with Crippen LogP contribution in [0.25, 0.3) is 76.8 Å². The lowest BCUT2D eigenvalue weighted by atomic mass is 9.79. The summed E-state index contributed by atoms with van der Waals surface area (Å²) in [7, 11) is 0. The first-order valence-corrected chi connectivity index (χ1v) is 18.6. The maximum absolute atomic E-state index is 2.48. The van der Waals surface area contributed by atoms with E-state index in [0.29, 0.717) is 0 Å². The molecular formula is C51H44. The molecule has 0 bridgehead atoms. The summed E-state index contributed by atoms with van der Waals surface area (Å²) in [5.74, 6) is 0. The maximum atomic E-state index is 2.48. The molecular weight excluding hydrogens is 613 g/mol. The number of benzene rings is 8. The standard InChI is InChI=1S/C51H44/c1-29-9-17-38-39-19-13-31(26-44(39)50(5,6)43(38)23-29)32-14-20-40-41-21-15-33(28-46(41)51(7,8)45(40)27-32)37-18-12-30-10-11-34-24-36(49(2,3)4)25-35-16-22-42(37)48(30)47(34)35/h9-28H,1-8H3. The molecule has 8 aromatic rings. The third-order valence-electron chi connectivity index (χ3n) is 12.6. The van der Waals surface area contributed by atoms with Crippen molar-refractivity contribution in [2.75, 3.05) is 0 Å². The monoisotopic (exact) mass is 656 g/mol. The summed E-state index contributed by atoms with van der Waals surface area (Å²) >= 11 is 0. The number of rotatable bonds is 2. The molecule has 0 atom stereocenters. The van der Waals surface area contributed by atoms with Crippen LogP contribution in [0, 0.1) is 6.92 Å². The Kier molecular flexibility index (Phi) is 5.99. The molecule has 0 saturated carbocycles. The van der Waals surface area contributed by atoms with Crippen LogP contribution in [0.3, 0.4) is 0 Å². The SMILES string of the molecule is Cc1ccc2c(c1)C(C)(C)c1cc(-c3ccc4c(c3)C(C)(C)c3cc(-c5ccc6ccc7cc(C(C)(C)C)cc8ccc5c6c78)ccc3-4)ccc1-2. The summed E-state index contributed by atoms with van der Waals surface area (Å²) in [6, 6.07) is 47.3. The molecule has 0 amide bonds. The van der Waals surface area contributed by atoms with Crippen LogP contribution in [0.1, 0.15) is 81.8 Å². The molecule has 0 fully saturated rings. The van der Waals surface area contributed by atoms with Gasteiger partial charge in [0.2, 0.25) is 0 Å². The molecule has 0 saturated heterocycles. The van der Waals surface area contributed by atoms with Gasteiger partial charge in [0.1, 0.15) is 0 Å². The molecule has 0 aromatic heterocycles. The van der Waals surface area contributed by atoms with Crippen molar-refractivity contribution in [1.29, 1.82) is 0 Å². The topological polar surface area (TPSA) is 0 Å². The van der Waals surface area contributed by atoms with Crippen molar-refractivity contribution in [1.82, 2.24) is 0 Å². The maximum Gasteiger partial charge on any atom is 0.0159 e. The van der Waals surface area contributed by atoms with Crippen molar-refractivity contribution in [2.24, 2.45) is 0 Å². The van der Waals surface area contributed by atoms with E-state index >= 15 is 0 Å². The first-order valence-electron chi connectivity index (χ1n) is 18.6. The average molecular weight is 657 g/mol. The van der Waals surface area contributed by atoms with Gasteiger partial charge in [-0.3, -0.25) is 0 Å². The summed E-state index contributed by atoms with van der Waals surface area (Å²) in [6.45, 7) is 18.7. The Morgan fingerprint density at radius 3 is 1.39 bits per heavy atom. The summed E-state index contributed by atoms with van der Waals surface area (Å²) in [6.07, 6.45) is 0. The highest BCUT2D eigenvalue weighted by Gasteiger charge is 2.38. The molecule has 0 aliphatic heterocycles. The lowest BCUT2D eigenvalue weighted by Crippen LogP contribution is -2.15. The minimum absolute atomic E-state index is 0.0180. The highest BCUT2D eigenvalue weighted by atomic mass is 14.4. The van der Waals surface area contributed by atoms with Crippen LogP contribution in [-0.2, 0) is 16.2 Å². The van der Waals surface area contributed by atoms with Gasteiger partial charge in [0.05, 0.1) is 0 Å².